The van der Waals surface area contributed by atoms with Crippen LogP contribution in [0.4, 0.5) is 8.78 Å². The van der Waals surface area contributed by atoms with Crippen LogP contribution >= 0.6 is 0 Å². The van der Waals surface area contributed by atoms with Crippen LogP contribution < -0.4 is 5.11 Å². The minimum Gasteiger partial charge on any atom is -0.544 e. The molecule has 3 fully saturated rings. The van der Waals surface area contributed by atoms with Gasteiger partial charge in [-0.25, -0.2) is 0 Å². The van der Waals surface area contributed by atoms with Crippen LogP contribution in [0.15, 0.2) is 30.3 Å². The Balaban J connectivity index is 1.64. The molecular formula is C19H15F2O9-. The van der Waals surface area contributed by atoms with Crippen molar-refractivity contribution in [3.8, 4) is 0 Å². The molecule has 9 nitrogen and oxygen atoms in total. The first-order chi connectivity index (χ1) is 14.1. The van der Waals surface area contributed by atoms with Gasteiger partial charge in [-0.2, -0.15) is 8.78 Å². The number of hydrogen-bond donors (Lipinski definition) is 0. The van der Waals surface area contributed by atoms with Gasteiger partial charge in [-0.15, -0.1) is 0 Å². The van der Waals surface area contributed by atoms with Crippen LogP contribution in [0.1, 0.15) is 18.6 Å². The Labute approximate surface area is 167 Å². The van der Waals surface area contributed by atoms with Crippen LogP contribution in [0.5, 0.6) is 0 Å². The van der Waals surface area contributed by atoms with E-state index in [0.29, 0.717) is 0 Å². The van der Waals surface area contributed by atoms with Crippen LogP contribution in [0.25, 0.3) is 0 Å². The van der Waals surface area contributed by atoms with Crippen LogP contribution in [0.3, 0.4) is 0 Å². The number of fused-ring (bicyclic) bond motifs is 1. The summed E-state index contributed by atoms with van der Waals surface area (Å²) in [5, 5.41) is 11.0. The van der Waals surface area contributed by atoms with Crippen molar-refractivity contribution in [1.82, 2.24) is 0 Å². The van der Waals surface area contributed by atoms with Gasteiger partial charge in [0.1, 0.15) is 30.0 Å². The largest absolute Gasteiger partial charge is 0.544 e. The van der Waals surface area contributed by atoms with Crippen LogP contribution in [0.2, 0.25) is 0 Å². The van der Waals surface area contributed by atoms with Crippen LogP contribution in [-0.4, -0.2) is 54.2 Å². The molecule has 4 rings (SSSR count). The Kier molecular flexibility index (Phi) is 4.72. The molecule has 7 atom stereocenters. The van der Waals surface area contributed by atoms with E-state index in [9.17, 15) is 33.1 Å². The first kappa shape index (κ1) is 20.2. The lowest BCUT2D eigenvalue weighted by Gasteiger charge is -2.31. The molecule has 0 radical (unpaired) electrons. The lowest BCUT2D eigenvalue weighted by atomic mass is 9.78. The van der Waals surface area contributed by atoms with Gasteiger partial charge >= 0.3 is 23.8 Å². The van der Waals surface area contributed by atoms with Crippen molar-refractivity contribution >= 4 is 23.9 Å². The highest BCUT2D eigenvalue weighted by Crippen LogP contribution is 2.52. The Bertz CT molecular complexity index is 903. The zero-order valence-corrected chi connectivity index (χ0v) is 15.4. The molecule has 1 aromatic carbocycles. The normalized spacial score (nSPS) is 32.4. The average Bonchev–Trinajstić information content (AvgIpc) is 3.29. The zero-order valence-electron chi connectivity index (χ0n) is 15.4. The molecule has 0 aromatic heterocycles. The lowest BCUT2D eigenvalue weighted by molar-refractivity contribution is -0.337. The SMILES string of the molecule is CC(=O)OC1C2OC(=O)C3C2OC1C3C(=O)OC(c1ccccc1)C(F)(F)C(=O)[O-]. The maximum absolute atomic E-state index is 14.3. The highest BCUT2D eigenvalue weighted by molar-refractivity contribution is 5.87. The van der Waals surface area contributed by atoms with E-state index in [4.69, 9.17) is 18.9 Å². The molecule has 0 aliphatic carbocycles. The Morgan fingerprint density at radius 3 is 2.40 bits per heavy atom. The molecule has 3 aliphatic rings. The first-order valence-corrected chi connectivity index (χ1v) is 9.00. The summed E-state index contributed by atoms with van der Waals surface area (Å²) >= 11 is 0. The number of benzene rings is 1. The van der Waals surface area contributed by atoms with E-state index in [1.807, 2.05) is 0 Å². The van der Waals surface area contributed by atoms with Gasteiger partial charge in [0.25, 0.3) is 0 Å². The quantitative estimate of drug-likeness (QED) is 0.439. The smallest absolute Gasteiger partial charge is 0.327 e. The molecule has 0 saturated carbocycles. The van der Waals surface area contributed by atoms with E-state index in [1.165, 1.54) is 18.2 Å². The standard InChI is InChI=1S/C19H16F2O9/c1-7(22)27-13-11-10(9-12(28-11)14(13)29-16(9)23)17(24)30-15(19(20,21)18(25)26)8-5-3-2-4-6-8/h2-6,9-15H,1H3,(H,25,26)/p-1. The number of esters is 3. The molecule has 3 saturated heterocycles. The molecular weight excluding hydrogens is 410 g/mol. The second kappa shape index (κ2) is 7.01. The topological polar surface area (TPSA) is 128 Å². The van der Waals surface area contributed by atoms with Gasteiger partial charge in [0.2, 0.25) is 0 Å². The summed E-state index contributed by atoms with van der Waals surface area (Å²) in [4.78, 5) is 47.4. The Morgan fingerprint density at radius 1 is 1.13 bits per heavy atom. The van der Waals surface area contributed by atoms with E-state index in [0.717, 1.165) is 19.1 Å². The fraction of sp³-hybridized carbons (Fsp3) is 0.474. The van der Waals surface area contributed by atoms with Crippen molar-refractivity contribution in [2.75, 3.05) is 0 Å². The predicted octanol–water partition coefficient (Wildman–Crippen LogP) is -0.473. The molecule has 0 N–H and O–H groups in total. The molecule has 0 amide bonds. The third kappa shape index (κ3) is 3.00. The maximum atomic E-state index is 14.3. The number of alkyl halides is 2. The van der Waals surface area contributed by atoms with Gasteiger partial charge in [-0.3, -0.25) is 14.4 Å². The lowest BCUT2D eigenvalue weighted by Crippen LogP contribution is -2.50. The van der Waals surface area contributed by atoms with Gasteiger partial charge in [-0.1, -0.05) is 30.3 Å². The summed E-state index contributed by atoms with van der Waals surface area (Å²) in [7, 11) is 0. The minimum absolute atomic E-state index is 0.285. The van der Waals surface area contributed by atoms with Gasteiger partial charge in [-0.05, 0) is 5.56 Å². The third-order valence-electron chi connectivity index (χ3n) is 5.42. The first-order valence-electron chi connectivity index (χ1n) is 9.00. The highest BCUT2D eigenvalue weighted by Gasteiger charge is 2.72. The summed E-state index contributed by atoms with van der Waals surface area (Å²) in [6, 6.07) is 6.54. The molecule has 11 heteroatoms. The predicted molar refractivity (Wildman–Crippen MR) is 86.3 cm³/mol. The van der Waals surface area contributed by atoms with Gasteiger partial charge in [0, 0.05) is 6.92 Å². The summed E-state index contributed by atoms with van der Waals surface area (Å²) in [6.45, 7) is 1.11. The van der Waals surface area contributed by atoms with Crippen molar-refractivity contribution < 1.29 is 52.0 Å². The van der Waals surface area contributed by atoms with Gasteiger partial charge in [0.05, 0.1) is 0 Å². The number of ether oxygens (including phenoxy) is 4. The van der Waals surface area contributed by atoms with E-state index in [1.54, 1.807) is 0 Å². The van der Waals surface area contributed by atoms with Crippen molar-refractivity contribution in [3.63, 3.8) is 0 Å². The van der Waals surface area contributed by atoms with E-state index < -0.39 is 72.2 Å². The minimum atomic E-state index is -4.55. The number of carbonyl (C=O) groups is 4. The molecule has 7 unspecified atom stereocenters. The van der Waals surface area contributed by atoms with Crippen molar-refractivity contribution in [3.05, 3.63) is 35.9 Å². The average molecular weight is 425 g/mol. The molecule has 2 bridgehead atoms. The number of carbonyl (C=O) groups excluding carboxylic acids is 4. The van der Waals surface area contributed by atoms with E-state index >= 15 is 0 Å². The number of hydrogen-bond acceptors (Lipinski definition) is 9. The molecule has 30 heavy (non-hydrogen) atoms. The van der Waals surface area contributed by atoms with E-state index in [2.05, 4.69) is 0 Å². The Hall–Kier alpha value is -3.08. The summed E-state index contributed by atoms with van der Waals surface area (Å²) in [6.07, 6.45) is -6.57. The second-order valence-corrected chi connectivity index (χ2v) is 7.23. The Morgan fingerprint density at radius 2 is 1.80 bits per heavy atom. The van der Waals surface area contributed by atoms with Crippen LogP contribution in [-0.2, 0) is 38.1 Å². The zero-order chi connectivity index (χ0) is 21.8. The molecule has 0 spiro atoms. The number of aliphatic carboxylic acids is 1. The van der Waals surface area contributed by atoms with Gasteiger partial charge in [0.15, 0.2) is 18.3 Å². The number of carboxylic acid groups (broad SMARTS) is 1. The van der Waals surface area contributed by atoms with Gasteiger partial charge < -0.3 is 28.8 Å². The highest BCUT2D eigenvalue weighted by atomic mass is 19.3. The molecule has 3 heterocycles. The number of carboxylic acids is 1. The maximum Gasteiger partial charge on any atom is 0.327 e. The summed E-state index contributed by atoms with van der Waals surface area (Å²) in [5.41, 5.74) is -0.285. The number of rotatable bonds is 6. The van der Waals surface area contributed by atoms with Crippen LogP contribution in [0, 0.1) is 11.8 Å². The van der Waals surface area contributed by atoms with E-state index in [-0.39, 0.29) is 5.56 Å². The monoisotopic (exact) mass is 425 g/mol. The third-order valence-corrected chi connectivity index (χ3v) is 5.42. The van der Waals surface area contributed by atoms with Crippen molar-refractivity contribution in [1.29, 1.82) is 0 Å². The summed E-state index contributed by atoms with van der Waals surface area (Å²) < 4.78 is 49.3. The molecule has 3 aliphatic heterocycles. The number of halogens is 2. The fourth-order valence-electron chi connectivity index (χ4n) is 4.21. The fourth-order valence-corrected chi connectivity index (χ4v) is 4.21. The van der Waals surface area contributed by atoms with Crippen molar-refractivity contribution in [2.45, 2.75) is 43.4 Å². The second-order valence-electron chi connectivity index (χ2n) is 7.23. The molecule has 1 aromatic rings. The molecule has 160 valence electrons. The summed E-state index contributed by atoms with van der Waals surface area (Å²) in [5.74, 6) is -12.6. The van der Waals surface area contributed by atoms with Crippen molar-refractivity contribution in [2.24, 2.45) is 11.8 Å².